The first-order valence-electron chi connectivity index (χ1n) is 6.12. The van der Waals surface area contributed by atoms with Gasteiger partial charge in [-0.3, -0.25) is 0 Å². The van der Waals surface area contributed by atoms with Gasteiger partial charge in [0.2, 0.25) is 0 Å². The second kappa shape index (κ2) is 5.86. The number of amidine groups is 1. The molecule has 1 atom stereocenters. The van der Waals surface area contributed by atoms with Crippen molar-refractivity contribution in [2.75, 3.05) is 12.3 Å². The third-order valence-corrected chi connectivity index (χ3v) is 5.04. The highest BCUT2D eigenvalue weighted by molar-refractivity contribution is 7.98. The topological polar surface area (TPSA) is 38.7 Å². The fraction of sp³-hybridized carbons (Fsp3) is 0.214. The van der Waals surface area contributed by atoms with Gasteiger partial charge in [0, 0.05) is 24.1 Å². The predicted octanol–water partition coefficient (Wildman–Crippen LogP) is 2.71. The largest absolute Gasteiger partial charge is 0.611 e. The summed E-state index contributed by atoms with van der Waals surface area (Å²) in [7, 11) is 0. The van der Waals surface area contributed by atoms with E-state index in [9.17, 15) is 4.55 Å². The molecule has 0 aromatic heterocycles. The summed E-state index contributed by atoms with van der Waals surface area (Å²) >= 11 is 0.493. The van der Waals surface area contributed by atoms with Crippen molar-refractivity contribution in [1.82, 2.24) is 4.90 Å². The first kappa shape index (κ1) is 12.8. The maximum absolute atomic E-state index is 12.5. The predicted molar refractivity (Wildman–Crippen MR) is 82.1 cm³/mol. The average molecular weight is 290 g/mol. The van der Waals surface area contributed by atoms with Gasteiger partial charge in [-0.1, -0.05) is 30.3 Å². The third kappa shape index (κ3) is 2.88. The number of rotatable bonds is 3. The molecule has 0 radical (unpaired) electrons. The number of fused-ring (bicyclic) bond motifs is 1. The molecule has 0 spiro atoms. The standard InChI is InChI=1S/C14H14N2OS2/c17-19(11-12-5-2-1-3-6-12)13-7-4-8-16-9-10-18-15-14(13)16/h1-8H,9-11H2. The highest BCUT2D eigenvalue weighted by atomic mass is 32.2. The lowest BCUT2D eigenvalue weighted by molar-refractivity contribution is 0.581. The number of allylic oxidation sites excluding steroid dienone is 2. The van der Waals surface area contributed by atoms with Crippen molar-refractivity contribution in [3.63, 3.8) is 0 Å². The molecule has 1 unspecified atom stereocenters. The SMILES string of the molecule is [O-][S+](Cc1ccccc1)C1=CC=CN2CCSN=C12. The van der Waals surface area contributed by atoms with E-state index < -0.39 is 11.2 Å². The highest BCUT2D eigenvalue weighted by Crippen LogP contribution is 2.25. The van der Waals surface area contributed by atoms with Crippen molar-refractivity contribution < 1.29 is 4.55 Å². The zero-order valence-electron chi connectivity index (χ0n) is 10.4. The van der Waals surface area contributed by atoms with Crippen LogP contribution in [-0.4, -0.2) is 27.6 Å². The lowest BCUT2D eigenvalue weighted by Gasteiger charge is -2.28. The molecule has 0 aliphatic carbocycles. The van der Waals surface area contributed by atoms with E-state index in [2.05, 4.69) is 9.30 Å². The maximum atomic E-state index is 12.5. The minimum absolute atomic E-state index is 0.540. The van der Waals surface area contributed by atoms with E-state index in [0.29, 0.717) is 5.75 Å². The van der Waals surface area contributed by atoms with E-state index in [1.54, 1.807) is 11.9 Å². The summed E-state index contributed by atoms with van der Waals surface area (Å²) in [6.45, 7) is 0.930. The molecule has 3 rings (SSSR count). The summed E-state index contributed by atoms with van der Waals surface area (Å²) in [4.78, 5) is 2.91. The van der Waals surface area contributed by atoms with E-state index in [1.165, 1.54) is 0 Å². The molecule has 0 saturated heterocycles. The Balaban J connectivity index is 1.79. The van der Waals surface area contributed by atoms with Crippen LogP contribution in [0.5, 0.6) is 0 Å². The van der Waals surface area contributed by atoms with Crippen LogP contribution in [0.4, 0.5) is 0 Å². The highest BCUT2D eigenvalue weighted by Gasteiger charge is 2.28. The van der Waals surface area contributed by atoms with Gasteiger partial charge >= 0.3 is 0 Å². The molecule has 0 fully saturated rings. The molecule has 0 amide bonds. The van der Waals surface area contributed by atoms with Crippen LogP contribution in [0.1, 0.15) is 5.56 Å². The van der Waals surface area contributed by atoms with Gasteiger partial charge in [0.25, 0.3) is 0 Å². The van der Waals surface area contributed by atoms with Gasteiger partial charge in [0.15, 0.2) is 10.7 Å². The van der Waals surface area contributed by atoms with Gasteiger partial charge in [-0.25, -0.2) is 0 Å². The first-order valence-corrected chi connectivity index (χ1v) is 8.38. The Morgan fingerprint density at radius 1 is 1.32 bits per heavy atom. The number of nitrogens with zero attached hydrogens (tertiary/aromatic N) is 2. The van der Waals surface area contributed by atoms with Crippen molar-refractivity contribution in [2.45, 2.75) is 5.75 Å². The van der Waals surface area contributed by atoms with Crippen LogP contribution in [0.2, 0.25) is 0 Å². The van der Waals surface area contributed by atoms with Crippen LogP contribution in [-0.2, 0) is 16.9 Å². The van der Waals surface area contributed by atoms with Crippen LogP contribution >= 0.6 is 11.9 Å². The molecule has 3 nitrogen and oxygen atoms in total. The average Bonchev–Trinajstić information content (AvgIpc) is 2.47. The molecule has 0 N–H and O–H groups in total. The summed E-state index contributed by atoms with van der Waals surface area (Å²) in [5, 5.41) is 0. The van der Waals surface area contributed by atoms with E-state index >= 15 is 0 Å². The fourth-order valence-electron chi connectivity index (χ4n) is 2.03. The molecule has 98 valence electrons. The Morgan fingerprint density at radius 3 is 3.00 bits per heavy atom. The lowest BCUT2D eigenvalue weighted by Crippen LogP contribution is -2.35. The smallest absolute Gasteiger partial charge is 0.196 e. The van der Waals surface area contributed by atoms with E-state index in [-0.39, 0.29) is 0 Å². The zero-order valence-corrected chi connectivity index (χ0v) is 12.0. The zero-order chi connectivity index (χ0) is 13.1. The Hall–Kier alpha value is -1.17. The van der Waals surface area contributed by atoms with E-state index in [0.717, 1.165) is 28.6 Å². The Labute approximate surface area is 120 Å². The normalized spacial score (nSPS) is 19.5. The summed E-state index contributed by atoms with van der Waals surface area (Å²) in [6.07, 6.45) is 5.87. The second-order valence-electron chi connectivity index (χ2n) is 4.29. The molecule has 5 heteroatoms. The molecule has 1 aromatic carbocycles. The second-order valence-corrected chi connectivity index (χ2v) is 6.56. The van der Waals surface area contributed by atoms with Crippen LogP contribution in [0, 0.1) is 0 Å². The quantitative estimate of drug-likeness (QED) is 0.634. The maximum Gasteiger partial charge on any atom is 0.196 e. The molecule has 2 heterocycles. The van der Waals surface area contributed by atoms with Crippen molar-refractivity contribution in [2.24, 2.45) is 4.40 Å². The Bertz CT molecular complexity index is 540. The molecular weight excluding hydrogens is 276 g/mol. The summed E-state index contributed by atoms with van der Waals surface area (Å²) in [5.41, 5.74) is 1.09. The van der Waals surface area contributed by atoms with Gasteiger partial charge in [-0.15, -0.1) is 0 Å². The van der Waals surface area contributed by atoms with Crippen molar-refractivity contribution in [3.8, 4) is 0 Å². The van der Waals surface area contributed by atoms with Crippen LogP contribution in [0.25, 0.3) is 0 Å². The van der Waals surface area contributed by atoms with Crippen LogP contribution in [0.15, 0.2) is 58.0 Å². The van der Waals surface area contributed by atoms with E-state index in [1.807, 2.05) is 48.7 Å². The molecule has 19 heavy (non-hydrogen) atoms. The van der Waals surface area contributed by atoms with Crippen molar-refractivity contribution in [1.29, 1.82) is 0 Å². The van der Waals surface area contributed by atoms with Crippen molar-refractivity contribution >= 4 is 29.0 Å². The summed E-state index contributed by atoms with van der Waals surface area (Å²) in [6, 6.07) is 9.93. The Kier molecular flexibility index (Phi) is 3.96. The van der Waals surface area contributed by atoms with Crippen LogP contribution in [0.3, 0.4) is 0 Å². The minimum Gasteiger partial charge on any atom is -0.611 e. The van der Waals surface area contributed by atoms with Gasteiger partial charge in [-0.2, -0.15) is 4.40 Å². The molecule has 1 aromatic rings. The molecule has 2 aliphatic rings. The van der Waals surface area contributed by atoms with Crippen LogP contribution < -0.4 is 0 Å². The number of hydrogen-bond donors (Lipinski definition) is 0. The van der Waals surface area contributed by atoms with Gasteiger partial charge < -0.3 is 9.45 Å². The summed E-state index contributed by atoms with van der Waals surface area (Å²) < 4.78 is 17.0. The van der Waals surface area contributed by atoms with Crippen molar-refractivity contribution in [3.05, 3.63) is 59.2 Å². The molecule has 0 bridgehead atoms. The van der Waals surface area contributed by atoms with Gasteiger partial charge in [0.1, 0.15) is 5.75 Å². The molecular formula is C14H14N2OS2. The first-order chi connectivity index (χ1) is 9.34. The lowest BCUT2D eigenvalue weighted by atomic mass is 10.2. The monoisotopic (exact) mass is 290 g/mol. The van der Waals surface area contributed by atoms with E-state index in [4.69, 9.17) is 0 Å². The molecule has 2 aliphatic heterocycles. The van der Waals surface area contributed by atoms with Gasteiger partial charge in [-0.05, 0) is 35.3 Å². The number of benzene rings is 1. The Morgan fingerprint density at radius 2 is 2.16 bits per heavy atom. The summed E-state index contributed by atoms with van der Waals surface area (Å²) in [5.74, 6) is 2.37. The third-order valence-electron chi connectivity index (χ3n) is 2.97. The molecule has 0 saturated carbocycles. The van der Waals surface area contributed by atoms with Gasteiger partial charge in [0.05, 0.1) is 0 Å². The minimum atomic E-state index is -1.05. The number of hydrogen-bond acceptors (Lipinski definition) is 4. The fourth-order valence-corrected chi connectivity index (χ4v) is 4.03.